The van der Waals surface area contributed by atoms with E-state index in [1.165, 1.54) is 47.5 Å². The third-order valence-electron chi connectivity index (χ3n) is 10.7. The van der Waals surface area contributed by atoms with Gasteiger partial charge in [-0.15, -0.1) is 0 Å². The lowest BCUT2D eigenvalue weighted by atomic mass is 9.96. The summed E-state index contributed by atoms with van der Waals surface area (Å²) in [5, 5.41) is 0. The maximum atomic E-state index is 14.1. The summed E-state index contributed by atoms with van der Waals surface area (Å²) in [6.45, 7) is 12.4. The van der Waals surface area contributed by atoms with Crippen molar-refractivity contribution in [2.24, 2.45) is 9.98 Å². The van der Waals surface area contributed by atoms with Gasteiger partial charge in [0.1, 0.15) is 58.7 Å². The van der Waals surface area contributed by atoms with E-state index in [1.54, 1.807) is 0 Å². The van der Waals surface area contributed by atoms with Gasteiger partial charge in [-0.1, -0.05) is 137 Å². The van der Waals surface area contributed by atoms with Crippen LogP contribution in [0, 0.1) is 23.3 Å². The Balaban J connectivity index is 0.000000177. The molecule has 0 aromatic heterocycles. The predicted octanol–water partition coefficient (Wildman–Crippen LogP) is 13.3. The summed E-state index contributed by atoms with van der Waals surface area (Å²) < 4.78 is 67.7. The van der Waals surface area contributed by atoms with E-state index in [0.717, 1.165) is 33.4 Å². The van der Waals surface area contributed by atoms with Gasteiger partial charge in [-0.05, 0) is 94.5 Å². The Bertz CT molecular complexity index is 2210. The van der Waals surface area contributed by atoms with Crippen molar-refractivity contribution >= 4 is 11.8 Å². The molecule has 8 heteroatoms. The second-order valence-electron chi connectivity index (χ2n) is 15.4. The van der Waals surface area contributed by atoms with E-state index in [9.17, 15) is 17.6 Å². The second-order valence-corrected chi connectivity index (χ2v) is 15.4. The standard InChI is InChI=1S/2C25H23F2NO/c2*1-15(2)17-7-9-18(10-8-17)19-11-13-20(14-12-19)24-16(3)29-25(28-24)23-21(26)5-4-6-22(23)27/h2*4-16,24H,1-3H3/t16-,24?;16-,24+/m10/s1. The molecule has 0 fully saturated rings. The van der Waals surface area contributed by atoms with Gasteiger partial charge in [0.15, 0.2) is 0 Å². The summed E-state index contributed by atoms with van der Waals surface area (Å²) in [6, 6.07) is 40.2. The molecule has 0 amide bonds. The minimum atomic E-state index is -0.670. The summed E-state index contributed by atoms with van der Waals surface area (Å²) in [4.78, 5) is 8.96. The molecule has 0 bridgehead atoms. The zero-order valence-corrected chi connectivity index (χ0v) is 33.4. The number of ether oxygens (including phenoxy) is 2. The minimum Gasteiger partial charge on any atom is -0.472 e. The van der Waals surface area contributed by atoms with Crippen LogP contribution >= 0.6 is 0 Å². The van der Waals surface area contributed by atoms with Crippen LogP contribution in [0.4, 0.5) is 17.6 Å². The summed E-state index contributed by atoms with van der Waals surface area (Å²) in [7, 11) is 0. The van der Waals surface area contributed by atoms with Gasteiger partial charge in [-0.25, -0.2) is 27.5 Å². The molecule has 8 rings (SSSR count). The van der Waals surface area contributed by atoms with Gasteiger partial charge in [0.2, 0.25) is 11.8 Å². The SMILES string of the molecule is CC(C)c1ccc(-c2ccc(C3N=C(c4c(F)cccc4F)O[C@@H]3C)cc2)cc1.CC(C)c1ccc(-c2ccc([C@@H]3N=C(c4c(F)cccc4F)O[C@H]3C)cc2)cc1. The zero-order chi connectivity index (χ0) is 41.1. The van der Waals surface area contributed by atoms with Gasteiger partial charge in [-0.3, -0.25) is 0 Å². The molecule has 2 heterocycles. The number of hydrogen-bond acceptors (Lipinski definition) is 4. The van der Waals surface area contributed by atoms with E-state index < -0.39 is 23.3 Å². The molecule has 0 N–H and O–H groups in total. The van der Waals surface area contributed by atoms with Crippen molar-refractivity contribution in [2.75, 3.05) is 0 Å². The van der Waals surface area contributed by atoms with E-state index >= 15 is 0 Å². The van der Waals surface area contributed by atoms with E-state index in [2.05, 4.69) is 86.2 Å². The molecule has 0 aliphatic carbocycles. The third-order valence-corrected chi connectivity index (χ3v) is 10.7. The lowest BCUT2D eigenvalue weighted by molar-refractivity contribution is 0.212. The van der Waals surface area contributed by atoms with Crippen molar-refractivity contribution in [3.63, 3.8) is 0 Å². The van der Waals surface area contributed by atoms with Gasteiger partial charge >= 0.3 is 0 Å². The molecule has 0 radical (unpaired) electrons. The molecule has 1 unspecified atom stereocenters. The Morgan fingerprint density at radius 1 is 0.414 bits per heavy atom. The van der Waals surface area contributed by atoms with Crippen LogP contribution in [0.5, 0.6) is 0 Å². The van der Waals surface area contributed by atoms with Crippen molar-refractivity contribution in [3.05, 3.63) is 190 Å². The fourth-order valence-corrected chi connectivity index (χ4v) is 7.21. The van der Waals surface area contributed by atoms with Crippen LogP contribution in [0.15, 0.2) is 143 Å². The topological polar surface area (TPSA) is 43.2 Å². The molecule has 0 spiro atoms. The number of hydrogen-bond donors (Lipinski definition) is 0. The molecular weight excluding hydrogens is 737 g/mol. The smallest absolute Gasteiger partial charge is 0.223 e. The van der Waals surface area contributed by atoms with Crippen LogP contribution in [0.25, 0.3) is 22.3 Å². The number of aliphatic imine (C=N–C) groups is 2. The van der Waals surface area contributed by atoms with Crippen LogP contribution in [0.3, 0.4) is 0 Å². The third kappa shape index (κ3) is 8.61. The first-order chi connectivity index (χ1) is 27.9. The molecule has 296 valence electrons. The Kier molecular flexibility index (Phi) is 11.9. The summed E-state index contributed by atoms with van der Waals surface area (Å²) >= 11 is 0. The highest BCUT2D eigenvalue weighted by atomic mass is 19.1. The van der Waals surface area contributed by atoms with Crippen LogP contribution in [0.1, 0.15) is 98.8 Å². The Morgan fingerprint density at radius 3 is 0.966 bits per heavy atom. The minimum absolute atomic E-state index is 0.0199. The molecule has 4 atom stereocenters. The average molecular weight is 783 g/mol. The lowest BCUT2D eigenvalue weighted by Gasteiger charge is -2.14. The van der Waals surface area contributed by atoms with E-state index in [4.69, 9.17) is 9.47 Å². The molecule has 58 heavy (non-hydrogen) atoms. The largest absolute Gasteiger partial charge is 0.472 e. The highest BCUT2D eigenvalue weighted by Crippen LogP contribution is 2.35. The molecule has 6 aromatic carbocycles. The fourth-order valence-electron chi connectivity index (χ4n) is 7.21. The molecule has 2 aliphatic rings. The quantitative estimate of drug-likeness (QED) is 0.144. The first-order valence-electron chi connectivity index (χ1n) is 19.7. The zero-order valence-electron chi connectivity index (χ0n) is 33.4. The van der Waals surface area contributed by atoms with Crippen LogP contribution < -0.4 is 0 Å². The molecular formula is C50H46F4N2O2. The number of nitrogens with zero attached hydrogens (tertiary/aromatic N) is 2. The van der Waals surface area contributed by atoms with Gasteiger partial charge in [0, 0.05) is 0 Å². The van der Waals surface area contributed by atoms with Crippen molar-refractivity contribution in [1.29, 1.82) is 0 Å². The lowest BCUT2D eigenvalue weighted by Crippen LogP contribution is -2.14. The van der Waals surface area contributed by atoms with Crippen molar-refractivity contribution in [1.82, 2.24) is 0 Å². The van der Waals surface area contributed by atoms with Crippen molar-refractivity contribution in [3.8, 4) is 22.3 Å². The Hall–Kier alpha value is -6.02. The van der Waals surface area contributed by atoms with Crippen LogP contribution in [0.2, 0.25) is 0 Å². The maximum Gasteiger partial charge on any atom is 0.223 e. The average Bonchev–Trinajstić information content (AvgIpc) is 3.79. The van der Waals surface area contributed by atoms with Crippen molar-refractivity contribution in [2.45, 2.75) is 77.7 Å². The molecule has 2 aliphatic heterocycles. The predicted molar refractivity (Wildman–Crippen MR) is 224 cm³/mol. The van der Waals surface area contributed by atoms with E-state index in [-0.39, 0.29) is 47.2 Å². The molecule has 0 saturated heterocycles. The number of halogens is 4. The summed E-state index contributed by atoms with van der Waals surface area (Å²) in [6.07, 6.45) is -0.611. The highest BCUT2D eigenvalue weighted by molar-refractivity contribution is 5.96. The summed E-state index contributed by atoms with van der Waals surface area (Å²) in [5.41, 5.74) is 8.63. The molecule has 4 nitrogen and oxygen atoms in total. The van der Waals surface area contributed by atoms with Gasteiger partial charge in [0.25, 0.3) is 0 Å². The van der Waals surface area contributed by atoms with Gasteiger partial charge < -0.3 is 9.47 Å². The normalized spacial score (nSPS) is 18.6. The Morgan fingerprint density at radius 2 is 0.690 bits per heavy atom. The fraction of sp³-hybridized carbons (Fsp3) is 0.240. The monoisotopic (exact) mass is 782 g/mol. The Labute approximate surface area is 338 Å². The maximum absolute atomic E-state index is 14.1. The first-order valence-corrected chi connectivity index (χ1v) is 19.7. The number of benzene rings is 6. The second kappa shape index (κ2) is 17.2. The van der Waals surface area contributed by atoms with Crippen LogP contribution in [-0.4, -0.2) is 24.0 Å². The van der Waals surface area contributed by atoms with E-state index in [1.807, 2.05) is 62.4 Å². The van der Waals surface area contributed by atoms with Crippen LogP contribution in [-0.2, 0) is 9.47 Å². The number of rotatable bonds is 8. The highest BCUT2D eigenvalue weighted by Gasteiger charge is 2.33. The molecule has 0 saturated carbocycles. The first kappa shape index (κ1) is 40.2. The van der Waals surface area contributed by atoms with Gasteiger partial charge in [0.05, 0.1) is 0 Å². The van der Waals surface area contributed by atoms with E-state index in [0.29, 0.717) is 11.8 Å². The van der Waals surface area contributed by atoms with Crippen molar-refractivity contribution < 1.29 is 27.0 Å². The molecule has 6 aromatic rings. The van der Waals surface area contributed by atoms with Gasteiger partial charge in [-0.2, -0.15) is 0 Å². The summed E-state index contributed by atoms with van der Waals surface area (Å²) in [5.74, 6) is -1.64.